The molecule has 0 aromatic carbocycles. The Morgan fingerprint density at radius 1 is 1.56 bits per heavy atom. The molecule has 0 amide bonds. The van der Waals surface area contributed by atoms with Gasteiger partial charge >= 0.3 is 5.97 Å². The number of aromatic nitrogens is 1. The van der Waals surface area contributed by atoms with Gasteiger partial charge in [-0.25, -0.2) is 18.1 Å². The van der Waals surface area contributed by atoms with E-state index in [-0.39, 0.29) is 29.0 Å². The Bertz CT molecular complexity index is 518. The van der Waals surface area contributed by atoms with Crippen LogP contribution in [0.1, 0.15) is 12.8 Å². The monoisotopic (exact) mass is 292 g/mol. The zero-order valence-corrected chi connectivity index (χ0v) is 11.3. The number of ether oxygens (including phenoxy) is 1. The Hall–Kier alpha value is -1.18. The van der Waals surface area contributed by atoms with Crippen LogP contribution < -0.4 is 4.72 Å². The first-order valence-electron chi connectivity index (χ1n) is 5.14. The molecule has 0 aliphatic heterocycles. The van der Waals surface area contributed by atoms with Gasteiger partial charge in [-0.3, -0.25) is 4.79 Å². The highest BCUT2D eigenvalue weighted by Gasteiger charge is 2.14. The van der Waals surface area contributed by atoms with Gasteiger partial charge in [0.25, 0.3) is 0 Å². The summed E-state index contributed by atoms with van der Waals surface area (Å²) in [6.07, 6.45) is 1.84. The van der Waals surface area contributed by atoms with Crippen LogP contribution in [0.3, 0.4) is 0 Å². The van der Waals surface area contributed by atoms with E-state index in [9.17, 15) is 13.2 Å². The highest BCUT2D eigenvalue weighted by atomic mass is 35.5. The number of methoxy groups -OCH3 is 1. The Kier molecular flexibility index (Phi) is 5.52. The van der Waals surface area contributed by atoms with Gasteiger partial charge in [0.2, 0.25) is 10.0 Å². The zero-order valence-electron chi connectivity index (χ0n) is 9.72. The minimum atomic E-state index is -3.61. The van der Waals surface area contributed by atoms with Gasteiger partial charge in [-0.05, 0) is 18.6 Å². The van der Waals surface area contributed by atoms with Gasteiger partial charge in [-0.15, -0.1) is 0 Å². The van der Waals surface area contributed by atoms with Gasteiger partial charge in [0.15, 0.2) is 0 Å². The maximum Gasteiger partial charge on any atom is 0.305 e. The van der Waals surface area contributed by atoms with E-state index in [0.29, 0.717) is 6.42 Å². The standard InChI is InChI=1S/C10H13ClN2O4S/c1-17-10(14)3-2-5-13-18(15,16)8-4-6-12-9(11)7-8/h4,6-7,13H,2-3,5H2,1H3. The van der Waals surface area contributed by atoms with Gasteiger partial charge in [-0.2, -0.15) is 0 Å². The van der Waals surface area contributed by atoms with Crippen molar-refractivity contribution in [3.8, 4) is 0 Å². The summed E-state index contributed by atoms with van der Waals surface area (Å²) in [5.74, 6) is -0.374. The summed E-state index contributed by atoms with van der Waals surface area (Å²) in [4.78, 5) is 14.6. The molecule has 0 fully saturated rings. The molecule has 0 aliphatic carbocycles. The molecule has 0 aliphatic rings. The van der Waals surface area contributed by atoms with Gasteiger partial charge in [0.05, 0.1) is 12.0 Å². The lowest BCUT2D eigenvalue weighted by Crippen LogP contribution is -2.25. The number of esters is 1. The summed E-state index contributed by atoms with van der Waals surface area (Å²) in [6, 6.07) is 2.60. The van der Waals surface area contributed by atoms with E-state index < -0.39 is 10.0 Å². The van der Waals surface area contributed by atoms with Crippen LogP contribution in [0.2, 0.25) is 5.15 Å². The molecule has 0 atom stereocenters. The van der Waals surface area contributed by atoms with E-state index in [0.717, 1.165) is 0 Å². The molecular weight excluding hydrogens is 280 g/mol. The van der Waals surface area contributed by atoms with Crippen LogP contribution in [-0.4, -0.2) is 33.0 Å². The molecule has 0 saturated carbocycles. The van der Waals surface area contributed by atoms with Crippen molar-refractivity contribution in [3.63, 3.8) is 0 Å². The van der Waals surface area contributed by atoms with E-state index in [2.05, 4.69) is 14.4 Å². The van der Waals surface area contributed by atoms with Crippen molar-refractivity contribution in [3.05, 3.63) is 23.5 Å². The van der Waals surface area contributed by atoms with Crippen molar-refractivity contribution >= 4 is 27.6 Å². The quantitative estimate of drug-likeness (QED) is 0.480. The van der Waals surface area contributed by atoms with E-state index >= 15 is 0 Å². The predicted molar refractivity (Wildman–Crippen MR) is 65.7 cm³/mol. The Balaban J connectivity index is 2.53. The van der Waals surface area contributed by atoms with Crippen molar-refractivity contribution in [2.45, 2.75) is 17.7 Å². The number of nitrogens with one attached hydrogen (secondary N) is 1. The molecule has 1 N–H and O–H groups in total. The molecule has 8 heteroatoms. The van der Waals surface area contributed by atoms with Crippen LogP contribution in [0.4, 0.5) is 0 Å². The number of carbonyl (C=O) groups is 1. The molecule has 1 aromatic rings. The smallest absolute Gasteiger partial charge is 0.305 e. The second-order valence-electron chi connectivity index (χ2n) is 3.39. The summed E-state index contributed by atoms with van der Waals surface area (Å²) in [7, 11) is -2.33. The third-order valence-corrected chi connectivity index (χ3v) is 3.75. The Morgan fingerprint density at radius 3 is 2.89 bits per heavy atom. The van der Waals surface area contributed by atoms with Crippen LogP contribution in [0, 0.1) is 0 Å². The van der Waals surface area contributed by atoms with Crippen molar-refractivity contribution in [2.75, 3.05) is 13.7 Å². The number of hydrogen-bond acceptors (Lipinski definition) is 5. The second-order valence-corrected chi connectivity index (χ2v) is 5.55. The lowest BCUT2D eigenvalue weighted by Gasteiger charge is -2.06. The summed E-state index contributed by atoms with van der Waals surface area (Å²) >= 11 is 5.61. The molecule has 0 unspecified atom stereocenters. The van der Waals surface area contributed by atoms with Crippen LogP contribution in [0.15, 0.2) is 23.2 Å². The van der Waals surface area contributed by atoms with E-state index in [1.807, 2.05) is 0 Å². The first kappa shape index (κ1) is 14.9. The number of nitrogens with zero attached hydrogens (tertiary/aromatic N) is 1. The summed E-state index contributed by atoms with van der Waals surface area (Å²) in [5, 5.41) is 0.104. The fourth-order valence-electron chi connectivity index (χ4n) is 1.18. The molecular formula is C10H13ClN2O4S. The molecule has 1 heterocycles. The molecule has 18 heavy (non-hydrogen) atoms. The topological polar surface area (TPSA) is 85.4 Å². The van der Waals surface area contributed by atoms with Crippen LogP contribution in [0.25, 0.3) is 0 Å². The molecule has 0 spiro atoms. The zero-order chi connectivity index (χ0) is 13.6. The molecule has 1 aromatic heterocycles. The number of pyridine rings is 1. The average molecular weight is 293 g/mol. The molecule has 6 nitrogen and oxygen atoms in total. The number of rotatable bonds is 6. The SMILES string of the molecule is COC(=O)CCCNS(=O)(=O)c1ccnc(Cl)c1. The number of sulfonamides is 1. The van der Waals surface area contributed by atoms with Crippen molar-refractivity contribution in [1.29, 1.82) is 0 Å². The molecule has 0 bridgehead atoms. The lowest BCUT2D eigenvalue weighted by molar-refractivity contribution is -0.140. The number of hydrogen-bond donors (Lipinski definition) is 1. The first-order chi connectivity index (χ1) is 8.45. The normalized spacial score (nSPS) is 11.2. The maximum atomic E-state index is 11.8. The number of halogens is 1. The van der Waals surface area contributed by atoms with Gasteiger partial charge in [-0.1, -0.05) is 11.6 Å². The minimum absolute atomic E-state index is 0.0422. The van der Waals surface area contributed by atoms with Gasteiger partial charge in [0.1, 0.15) is 5.15 Å². The van der Waals surface area contributed by atoms with Crippen LogP contribution in [-0.2, 0) is 19.6 Å². The molecule has 1 rings (SSSR count). The van der Waals surface area contributed by atoms with Crippen molar-refractivity contribution in [2.24, 2.45) is 0 Å². The van der Waals surface area contributed by atoms with E-state index in [4.69, 9.17) is 11.6 Å². The predicted octanol–water partition coefficient (Wildman–Crippen LogP) is 0.966. The van der Waals surface area contributed by atoms with E-state index in [1.165, 1.54) is 25.4 Å². The maximum absolute atomic E-state index is 11.8. The summed E-state index contributed by atoms with van der Waals surface area (Å²) in [5.41, 5.74) is 0. The fraction of sp³-hybridized carbons (Fsp3) is 0.400. The Labute approximate surface area is 110 Å². The largest absolute Gasteiger partial charge is 0.469 e. The summed E-state index contributed by atoms with van der Waals surface area (Å²) in [6.45, 7) is 0.150. The average Bonchev–Trinajstić information content (AvgIpc) is 2.34. The second kappa shape index (κ2) is 6.67. The third kappa shape index (κ3) is 4.59. The van der Waals surface area contributed by atoms with Gasteiger partial charge in [0, 0.05) is 19.2 Å². The first-order valence-corrected chi connectivity index (χ1v) is 7.00. The number of carbonyl (C=O) groups excluding carboxylic acids is 1. The molecule has 100 valence electrons. The van der Waals surface area contributed by atoms with E-state index in [1.54, 1.807) is 0 Å². The van der Waals surface area contributed by atoms with Gasteiger partial charge < -0.3 is 4.74 Å². The van der Waals surface area contributed by atoms with Crippen molar-refractivity contribution in [1.82, 2.24) is 9.71 Å². The van der Waals surface area contributed by atoms with Crippen molar-refractivity contribution < 1.29 is 17.9 Å². The molecule has 0 saturated heterocycles. The molecule has 0 radical (unpaired) electrons. The van der Waals surface area contributed by atoms with Crippen LogP contribution >= 0.6 is 11.6 Å². The third-order valence-electron chi connectivity index (χ3n) is 2.09. The fourth-order valence-corrected chi connectivity index (χ4v) is 2.50. The highest BCUT2D eigenvalue weighted by molar-refractivity contribution is 7.89. The minimum Gasteiger partial charge on any atom is -0.469 e. The van der Waals surface area contributed by atoms with Crippen LogP contribution in [0.5, 0.6) is 0 Å². The highest BCUT2D eigenvalue weighted by Crippen LogP contribution is 2.12. The Morgan fingerprint density at radius 2 is 2.28 bits per heavy atom. The lowest BCUT2D eigenvalue weighted by atomic mass is 10.3. The summed E-state index contributed by atoms with van der Waals surface area (Å²) < 4.78 is 30.4.